The van der Waals surface area contributed by atoms with Crippen LogP contribution in [-0.2, 0) is 19.6 Å². The van der Waals surface area contributed by atoms with Crippen LogP contribution >= 0.6 is 0 Å². The molecule has 3 rings (SSSR count). The quantitative estimate of drug-likeness (QED) is 0.487. The molecule has 9 heteroatoms. The van der Waals surface area contributed by atoms with Gasteiger partial charge >= 0.3 is 5.97 Å². The summed E-state index contributed by atoms with van der Waals surface area (Å²) in [7, 11) is -1.00. The second-order valence-corrected chi connectivity index (χ2v) is 9.54. The number of hydrogen-bond donors (Lipinski definition) is 1. The van der Waals surface area contributed by atoms with Crippen molar-refractivity contribution >= 4 is 33.3 Å². The number of rotatable bonds is 8. The van der Waals surface area contributed by atoms with Gasteiger partial charge in [-0.3, -0.25) is 9.10 Å². The number of esters is 1. The molecular weight excluding hydrogens is 456 g/mol. The first-order valence-corrected chi connectivity index (χ1v) is 11.9. The molecule has 0 aromatic heterocycles. The van der Waals surface area contributed by atoms with E-state index in [4.69, 9.17) is 9.47 Å². The molecule has 178 valence electrons. The zero-order valence-corrected chi connectivity index (χ0v) is 20.1. The molecule has 0 saturated heterocycles. The maximum Gasteiger partial charge on any atom is 0.338 e. The number of nitrogens with one attached hydrogen (secondary N) is 1. The lowest BCUT2D eigenvalue weighted by Crippen LogP contribution is -2.30. The second-order valence-electron chi connectivity index (χ2n) is 7.57. The Morgan fingerprint density at radius 1 is 0.971 bits per heavy atom. The van der Waals surface area contributed by atoms with Crippen molar-refractivity contribution in [2.45, 2.75) is 24.8 Å². The van der Waals surface area contributed by atoms with Crippen molar-refractivity contribution in [3.05, 3.63) is 83.9 Å². The van der Waals surface area contributed by atoms with Gasteiger partial charge in [-0.1, -0.05) is 35.9 Å². The smallest absolute Gasteiger partial charge is 0.338 e. The summed E-state index contributed by atoms with van der Waals surface area (Å²) < 4.78 is 37.8. The first kappa shape index (κ1) is 24.8. The van der Waals surface area contributed by atoms with Crippen molar-refractivity contribution in [3.63, 3.8) is 0 Å². The molecule has 1 N–H and O–H groups in total. The fourth-order valence-corrected chi connectivity index (χ4v) is 4.34. The van der Waals surface area contributed by atoms with Gasteiger partial charge in [0.2, 0.25) is 0 Å². The third kappa shape index (κ3) is 5.55. The normalized spacial score (nSPS) is 11.9. The molecule has 0 bridgehead atoms. The second kappa shape index (κ2) is 10.4. The summed E-state index contributed by atoms with van der Waals surface area (Å²) in [6.45, 7) is 3.33. The number of carbonyl (C=O) groups excluding carboxylic acids is 2. The number of sulfonamides is 1. The van der Waals surface area contributed by atoms with Crippen LogP contribution < -0.4 is 14.4 Å². The SMILES string of the molecule is COc1ccccc1NC(=O)[C@@H](C)OC(=O)c1cccc(S(=O)(=O)N(C)c2ccc(C)cc2)c1. The van der Waals surface area contributed by atoms with E-state index in [1.54, 1.807) is 36.4 Å². The number of amides is 1. The third-order valence-electron chi connectivity index (χ3n) is 5.14. The van der Waals surface area contributed by atoms with E-state index >= 15 is 0 Å². The van der Waals surface area contributed by atoms with Gasteiger partial charge in [-0.25, -0.2) is 13.2 Å². The highest BCUT2D eigenvalue weighted by molar-refractivity contribution is 7.92. The van der Waals surface area contributed by atoms with Crippen LogP contribution in [0.25, 0.3) is 0 Å². The van der Waals surface area contributed by atoms with E-state index in [9.17, 15) is 18.0 Å². The molecule has 8 nitrogen and oxygen atoms in total. The lowest BCUT2D eigenvalue weighted by molar-refractivity contribution is -0.123. The minimum Gasteiger partial charge on any atom is -0.495 e. The Morgan fingerprint density at radius 3 is 2.32 bits per heavy atom. The molecule has 0 saturated carbocycles. The molecule has 0 heterocycles. The summed E-state index contributed by atoms with van der Waals surface area (Å²) >= 11 is 0. The average molecular weight is 483 g/mol. The van der Waals surface area contributed by atoms with E-state index in [1.165, 1.54) is 45.3 Å². The summed E-state index contributed by atoms with van der Waals surface area (Å²) in [5, 5.41) is 2.65. The Kier molecular flexibility index (Phi) is 7.57. The minimum absolute atomic E-state index is 0.00956. The lowest BCUT2D eigenvalue weighted by atomic mass is 10.2. The fourth-order valence-electron chi connectivity index (χ4n) is 3.10. The number of ether oxygens (including phenoxy) is 2. The number of para-hydroxylation sites is 2. The highest BCUT2D eigenvalue weighted by atomic mass is 32.2. The number of aryl methyl sites for hydroxylation is 1. The van der Waals surface area contributed by atoms with Crippen molar-refractivity contribution in [2.75, 3.05) is 23.8 Å². The Hall–Kier alpha value is -3.85. The maximum atomic E-state index is 13.1. The fraction of sp³-hybridized carbons (Fsp3) is 0.200. The Labute approximate surface area is 199 Å². The molecule has 0 aliphatic carbocycles. The van der Waals surface area contributed by atoms with Gasteiger partial charge in [-0.05, 0) is 56.3 Å². The topological polar surface area (TPSA) is 102 Å². The molecule has 0 aliphatic rings. The van der Waals surface area contributed by atoms with Crippen LogP contribution in [-0.4, -0.2) is 40.6 Å². The van der Waals surface area contributed by atoms with Crippen molar-refractivity contribution in [3.8, 4) is 5.75 Å². The lowest BCUT2D eigenvalue weighted by Gasteiger charge is -2.20. The van der Waals surface area contributed by atoms with Crippen LogP contribution in [0.5, 0.6) is 5.75 Å². The van der Waals surface area contributed by atoms with Crippen molar-refractivity contribution in [1.82, 2.24) is 0 Å². The predicted molar refractivity (Wildman–Crippen MR) is 130 cm³/mol. The largest absolute Gasteiger partial charge is 0.495 e. The van der Waals surface area contributed by atoms with Gasteiger partial charge in [0.1, 0.15) is 5.75 Å². The number of methoxy groups -OCH3 is 1. The molecule has 0 fully saturated rings. The van der Waals surface area contributed by atoms with Gasteiger partial charge in [0.25, 0.3) is 15.9 Å². The van der Waals surface area contributed by atoms with Gasteiger partial charge in [0.05, 0.1) is 28.9 Å². The van der Waals surface area contributed by atoms with Crippen LogP contribution in [0.3, 0.4) is 0 Å². The third-order valence-corrected chi connectivity index (χ3v) is 6.93. The van der Waals surface area contributed by atoms with Crippen LogP contribution in [0.2, 0.25) is 0 Å². The zero-order chi connectivity index (χ0) is 24.9. The number of benzene rings is 3. The highest BCUT2D eigenvalue weighted by Gasteiger charge is 2.24. The van der Waals surface area contributed by atoms with Gasteiger partial charge in [0, 0.05) is 7.05 Å². The van der Waals surface area contributed by atoms with Crippen LogP contribution in [0, 0.1) is 6.92 Å². The monoisotopic (exact) mass is 482 g/mol. The molecule has 34 heavy (non-hydrogen) atoms. The zero-order valence-electron chi connectivity index (χ0n) is 19.3. The number of anilines is 2. The molecular formula is C25H26N2O6S. The van der Waals surface area contributed by atoms with Crippen LogP contribution in [0.15, 0.2) is 77.7 Å². The number of nitrogens with zero attached hydrogens (tertiary/aromatic N) is 1. The summed E-state index contributed by atoms with van der Waals surface area (Å²) in [4.78, 5) is 25.1. The standard InChI is InChI=1S/C25H26N2O6S/c1-17-12-14-20(15-13-17)27(3)34(30,31)21-9-7-8-19(16-21)25(29)33-18(2)24(28)26-22-10-5-6-11-23(22)32-4/h5-16,18H,1-4H3,(H,26,28)/t18-/m1/s1. The Bertz CT molecular complexity index is 1290. The van der Waals surface area contributed by atoms with E-state index in [-0.39, 0.29) is 10.5 Å². The molecule has 1 atom stereocenters. The average Bonchev–Trinajstić information content (AvgIpc) is 2.84. The summed E-state index contributed by atoms with van der Waals surface area (Å²) in [5.74, 6) is -0.913. The van der Waals surface area contributed by atoms with Crippen LogP contribution in [0.1, 0.15) is 22.8 Å². The highest BCUT2D eigenvalue weighted by Crippen LogP contribution is 2.25. The van der Waals surface area contributed by atoms with Gasteiger partial charge in [-0.2, -0.15) is 0 Å². The molecule has 0 radical (unpaired) electrons. The summed E-state index contributed by atoms with van der Waals surface area (Å²) in [6, 6.07) is 19.4. The molecule has 0 aliphatic heterocycles. The molecule has 3 aromatic carbocycles. The van der Waals surface area contributed by atoms with E-state index in [1.807, 2.05) is 19.1 Å². The van der Waals surface area contributed by atoms with Crippen LogP contribution in [0.4, 0.5) is 11.4 Å². The Morgan fingerprint density at radius 2 is 1.65 bits per heavy atom. The van der Waals surface area contributed by atoms with E-state index in [0.29, 0.717) is 17.1 Å². The van der Waals surface area contributed by atoms with E-state index in [2.05, 4.69) is 5.32 Å². The van der Waals surface area contributed by atoms with E-state index < -0.39 is 28.0 Å². The first-order chi connectivity index (χ1) is 16.1. The van der Waals surface area contributed by atoms with Gasteiger partial charge in [-0.15, -0.1) is 0 Å². The first-order valence-electron chi connectivity index (χ1n) is 10.4. The summed E-state index contributed by atoms with van der Waals surface area (Å²) in [6.07, 6.45) is -1.13. The Balaban J connectivity index is 1.73. The maximum absolute atomic E-state index is 13.1. The van der Waals surface area contributed by atoms with Gasteiger partial charge < -0.3 is 14.8 Å². The van der Waals surface area contributed by atoms with Crippen molar-refractivity contribution in [1.29, 1.82) is 0 Å². The number of carbonyl (C=O) groups is 2. The molecule has 0 unspecified atom stereocenters. The number of hydrogen-bond acceptors (Lipinski definition) is 6. The van der Waals surface area contributed by atoms with Crippen molar-refractivity contribution in [2.24, 2.45) is 0 Å². The van der Waals surface area contributed by atoms with E-state index in [0.717, 1.165) is 9.87 Å². The molecule has 3 aromatic rings. The predicted octanol–water partition coefficient (Wildman–Crippen LogP) is 4.01. The minimum atomic E-state index is -3.92. The van der Waals surface area contributed by atoms with Gasteiger partial charge in [0.15, 0.2) is 6.10 Å². The van der Waals surface area contributed by atoms with Crippen molar-refractivity contribution < 1.29 is 27.5 Å². The summed E-state index contributed by atoms with van der Waals surface area (Å²) in [5.41, 5.74) is 1.93. The molecule has 1 amide bonds. The molecule has 0 spiro atoms.